The molecule has 0 heterocycles. The average molecular weight is 478 g/mol. The van der Waals surface area contributed by atoms with Crippen LogP contribution in [0, 0.1) is 5.92 Å². The fourth-order valence-electron chi connectivity index (χ4n) is 3.57. The van der Waals surface area contributed by atoms with Crippen LogP contribution in [0.5, 0.6) is 5.75 Å². The number of nitrogens with one attached hydrogen (secondary N) is 2. The molecule has 3 N–H and O–H groups in total. The molecule has 0 saturated carbocycles. The third kappa shape index (κ3) is 9.23. The number of hydrogen-bond acceptors (Lipinski definition) is 5. The Labute approximate surface area is 204 Å². The van der Waals surface area contributed by atoms with Crippen LogP contribution in [0.2, 0.25) is 0 Å². The molecule has 2 atom stereocenters. The normalized spacial score (nSPS) is 13.4. The third-order valence-corrected chi connectivity index (χ3v) is 5.23. The van der Waals surface area contributed by atoms with Crippen LogP contribution < -0.4 is 10.6 Å². The van der Waals surface area contributed by atoms with Gasteiger partial charge in [-0.05, 0) is 64.7 Å². The molecule has 34 heavy (non-hydrogen) atoms. The maximum absolute atomic E-state index is 13.8. The van der Waals surface area contributed by atoms with Gasteiger partial charge in [-0.3, -0.25) is 9.59 Å². The lowest BCUT2D eigenvalue weighted by molar-refractivity contribution is -0.145. The zero-order valence-corrected chi connectivity index (χ0v) is 22.0. The minimum Gasteiger partial charge on any atom is -0.508 e. The predicted molar refractivity (Wildman–Crippen MR) is 133 cm³/mol. The summed E-state index contributed by atoms with van der Waals surface area (Å²) in [5, 5.41) is 15.4. The molecule has 0 fully saturated rings. The second-order valence-corrected chi connectivity index (χ2v) is 10.2. The lowest BCUT2D eigenvalue weighted by Crippen LogP contribution is -2.56. The van der Waals surface area contributed by atoms with E-state index in [0.29, 0.717) is 12.1 Å². The number of amides is 3. The number of carbonyl (C=O) groups is 3. The second kappa shape index (κ2) is 13.2. The SMILES string of the molecule is CCCCCNC(=O)C(c1ccc(O)cc1)N(C(=O)C(NC(=O)OC(C)(C)C)C(C)C)C(C)C. The minimum atomic E-state index is -0.920. The van der Waals surface area contributed by atoms with Crippen molar-refractivity contribution in [3.63, 3.8) is 0 Å². The van der Waals surface area contributed by atoms with E-state index in [4.69, 9.17) is 4.74 Å². The van der Waals surface area contributed by atoms with E-state index in [0.717, 1.165) is 19.3 Å². The van der Waals surface area contributed by atoms with E-state index in [1.165, 1.54) is 17.0 Å². The van der Waals surface area contributed by atoms with E-state index < -0.39 is 23.8 Å². The molecule has 0 aliphatic heterocycles. The van der Waals surface area contributed by atoms with Crippen molar-refractivity contribution < 1.29 is 24.2 Å². The maximum Gasteiger partial charge on any atom is 0.408 e. The Morgan fingerprint density at radius 2 is 1.62 bits per heavy atom. The third-order valence-electron chi connectivity index (χ3n) is 5.23. The predicted octanol–water partition coefficient (Wildman–Crippen LogP) is 4.53. The van der Waals surface area contributed by atoms with Crippen LogP contribution in [0.3, 0.4) is 0 Å². The first-order valence-corrected chi connectivity index (χ1v) is 12.2. The molecule has 0 aliphatic rings. The molecule has 8 heteroatoms. The highest BCUT2D eigenvalue weighted by Crippen LogP contribution is 2.27. The lowest BCUT2D eigenvalue weighted by atomic mass is 9.97. The number of carbonyl (C=O) groups excluding carboxylic acids is 3. The van der Waals surface area contributed by atoms with Gasteiger partial charge in [0.15, 0.2) is 0 Å². The largest absolute Gasteiger partial charge is 0.508 e. The van der Waals surface area contributed by atoms with Crippen molar-refractivity contribution in [3.05, 3.63) is 29.8 Å². The van der Waals surface area contributed by atoms with Crippen molar-refractivity contribution in [2.45, 2.75) is 98.4 Å². The minimum absolute atomic E-state index is 0.0694. The van der Waals surface area contributed by atoms with Crippen LogP contribution in [0.25, 0.3) is 0 Å². The number of benzene rings is 1. The molecule has 0 aromatic heterocycles. The molecule has 1 aromatic rings. The number of phenolic OH excluding ortho intramolecular Hbond substituents is 1. The molecule has 0 radical (unpaired) electrons. The molecule has 0 saturated heterocycles. The van der Waals surface area contributed by atoms with Gasteiger partial charge >= 0.3 is 6.09 Å². The van der Waals surface area contributed by atoms with E-state index in [9.17, 15) is 19.5 Å². The summed E-state index contributed by atoms with van der Waals surface area (Å²) in [6.07, 6.45) is 2.18. The number of hydrogen-bond donors (Lipinski definition) is 3. The van der Waals surface area contributed by atoms with Crippen molar-refractivity contribution >= 4 is 17.9 Å². The van der Waals surface area contributed by atoms with Crippen LogP contribution >= 0.6 is 0 Å². The van der Waals surface area contributed by atoms with Crippen molar-refractivity contribution in [1.29, 1.82) is 0 Å². The van der Waals surface area contributed by atoms with Crippen LogP contribution in [0.15, 0.2) is 24.3 Å². The molecule has 1 aromatic carbocycles. The van der Waals surface area contributed by atoms with E-state index in [1.54, 1.807) is 32.9 Å². The van der Waals surface area contributed by atoms with Gasteiger partial charge in [-0.25, -0.2) is 4.79 Å². The van der Waals surface area contributed by atoms with Gasteiger partial charge in [0.05, 0.1) is 0 Å². The van der Waals surface area contributed by atoms with Gasteiger partial charge in [0.25, 0.3) is 0 Å². The Balaban J connectivity index is 3.33. The summed E-state index contributed by atoms with van der Waals surface area (Å²) in [6, 6.07) is 4.12. The summed E-state index contributed by atoms with van der Waals surface area (Å²) >= 11 is 0. The first kappa shape index (κ1) is 29.3. The van der Waals surface area contributed by atoms with Crippen LogP contribution in [0.1, 0.15) is 86.3 Å². The summed E-state index contributed by atoms with van der Waals surface area (Å²) in [7, 11) is 0. The lowest BCUT2D eigenvalue weighted by Gasteiger charge is -2.38. The Morgan fingerprint density at radius 3 is 2.09 bits per heavy atom. The molecule has 0 aliphatic carbocycles. The number of rotatable bonds is 11. The monoisotopic (exact) mass is 477 g/mol. The van der Waals surface area contributed by atoms with Gasteiger partial charge in [0.1, 0.15) is 23.4 Å². The number of nitrogens with zero attached hydrogens (tertiary/aromatic N) is 1. The summed E-state index contributed by atoms with van der Waals surface area (Å²) in [4.78, 5) is 41.2. The highest BCUT2D eigenvalue weighted by molar-refractivity contribution is 5.92. The van der Waals surface area contributed by atoms with Gasteiger partial charge < -0.3 is 25.4 Å². The van der Waals surface area contributed by atoms with E-state index in [-0.39, 0.29) is 29.5 Å². The number of unbranched alkanes of at least 4 members (excludes halogenated alkanes) is 2. The molecular formula is C26H43N3O5. The van der Waals surface area contributed by atoms with Crippen molar-refractivity contribution in [2.75, 3.05) is 6.54 Å². The van der Waals surface area contributed by atoms with Gasteiger partial charge in [-0.2, -0.15) is 0 Å². The quantitative estimate of drug-likeness (QED) is 0.406. The molecule has 3 amide bonds. The number of ether oxygens (including phenoxy) is 1. The number of phenols is 1. The topological polar surface area (TPSA) is 108 Å². The Hall–Kier alpha value is -2.77. The van der Waals surface area contributed by atoms with Crippen molar-refractivity contribution in [1.82, 2.24) is 15.5 Å². The second-order valence-electron chi connectivity index (χ2n) is 10.2. The van der Waals surface area contributed by atoms with Crippen molar-refractivity contribution in [2.24, 2.45) is 5.92 Å². The Bertz CT molecular complexity index is 800. The Morgan fingerprint density at radius 1 is 1.03 bits per heavy atom. The molecular weight excluding hydrogens is 434 g/mol. The molecule has 1 rings (SSSR count). The highest BCUT2D eigenvalue weighted by atomic mass is 16.6. The smallest absolute Gasteiger partial charge is 0.408 e. The molecule has 2 unspecified atom stereocenters. The first-order chi connectivity index (χ1) is 15.8. The van der Waals surface area contributed by atoms with E-state index in [1.807, 2.05) is 27.7 Å². The standard InChI is InChI=1S/C26H43N3O5/c1-9-10-11-16-27-23(31)22(19-12-14-20(30)15-13-19)29(18(4)5)24(32)21(17(2)3)28-25(33)34-26(6,7)8/h12-15,17-18,21-22,30H,9-11,16H2,1-8H3,(H,27,31)(H,28,33). The Kier molecular flexibility index (Phi) is 11.4. The molecule has 192 valence electrons. The zero-order chi connectivity index (χ0) is 26.1. The zero-order valence-electron chi connectivity index (χ0n) is 22.0. The summed E-state index contributed by atoms with van der Waals surface area (Å²) in [5.74, 6) is -0.851. The van der Waals surface area contributed by atoms with Gasteiger partial charge in [-0.1, -0.05) is 45.7 Å². The number of aromatic hydroxyl groups is 1. The fraction of sp³-hybridized carbons (Fsp3) is 0.654. The van der Waals surface area contributed by atoms with Crippen molar-refractivity contribution in [3.8, 4) is 5.75 Å². The molecule has 8 nitrogen and oxygen atoms in total. The summed E-state index contributed by atoms with van der Waals surface area (Å²) in [6.45, 7) is 15.2. The highest BCUT2D eigenvalue weighted by Gasteiger charge is 2.38. The van der Waals surface area contributed by atoms with Gasteiger partial charge in [-0.15, -0.1) is 0 Å². The molecule has 0 bridgehead atoms. The fourth-order valence-corrected chi connectivity index (χ4v) is 3.57. The van der Waals surface area contributed by atoms with Crippen LogP contribution in [-0.2, 0) is 14.3 Å². The van der Waals surface area contributed by atoms with Gasteiger partial charge in [0.2, 0.25) is 11.8 Å². The van der Waals surface area contributed by atoms with E-state index >= 15 is 0 Å². The average Bonchev–Trinajstić information content (AvgIpc) is 2.71. The van der Waals surface area contributed by atoms with Gasteiger partial charge in [0, 0.05) is 12.6 Å². The van der Waals surface area contributed by atoms with Crippen LogP contribution in [0.4, 0.5) is 4.79 Å². The number of alkyl carbamates (subject to hydrolysis) is 1. The van der Waals surface area contributed by atoms with Crippen LogP contribution in [-0.4, -0.2) is 52.1 Å². The summed E-state index contributed by atoms with van der Waals surface area (Å²) in [5.41, 5.74) is -0.132. The van der Waals surface area contributed by atoms with E-state index in [2.05, 4.69) is 17.6 Å². The summed E-state index contributed by atoms with van der Waals surface area (Å²) < 4.78 is 5.36. The first-order valence-electron chi connectivity index (χ1n) is 12.2. The molecule has 0 spiro atoms. The maximum atomic E-state index is 13.8.